The van der Waals surface area contributed by atoms with Crippen LogP contribution in [0.25, 0.3) is 5.76 Å². The molecule has 0 aromatic heterocycles. The van der Waals surface area contributed by atoms with Crippen LogP contribution in [0.2, 0.25) is 0 Å². The first-order chi connectivity index (χ1) is 18.0. The molecule has 2 fully saturated rings. The van der Waals surface area contributed by atoms with Gasteiger partial charge in [-0.15, -0.1) is 0 Å². The van der Waals surface area contributed by atoms with Crippen LogP contribution in [0, 0.1) is 0 Å². The number of morpholine rings is 1. The van der Waals surface area contributed by atoms with Crippen LogP contribution in [0.1, 0.15) is 43.9 Å². The molecule has 0 bridgehead atoms. The summed E-state index contributed by atoms with van der Waals surface area (Å²) in [6.07, 6.45) is 1.55. The maximum Gasteiger partial charge on any atom is 0.295 e. The molecule has 2 saturated heterocycles. The Morgan fingerprint density at radius 1 is 1.00 bits per heavy atom. The number of hydrogen-bond acceptors (Lipinski definition) is 7. The SMILES string of the molecule is CCCOc1ccc(C2/C(=C(\O)c3ccccc3)C(=O)C(=O)N2CCCN2CCOCC2)cc1OCC. The second kappa shape index (κ2) is 12.7. The summed E-state index contributed by atoms with van der Waals surface area (Å²) in [5, 5.41) is 11.2. The number of benzene rings is 2. The van der Waals surface area contributed by atoms with Gasteiger partial charge in [0.05, 0.1) is 38.0 Å². The number of carbonyl (C=O) groups excluding carboxylic acids is 2. The molecule has 2 aromatic carbocycles. The lowest BCUT2D eigenvalue weighted by atomic mass is 9.95. The minimum absolute atomic E-state index is 0.0900. The summed E-state index contributed by atoms with van der Waals surface area (Å²) in [5.74, 6) is -0.300. The first-order valence-electron chi connectivity index (χ1n) is 13.1. The molecule has 2 heterocycles. The molecule has 8 nitrogen and oxygen atoms in total. The first kappa shape index (κ1) is 26.7. The molecule has 2 aromatic rings. The van der Waals surface area contributed by atoms with Crippen molar-refractivity contribution in [2.45, 2.75) is 32.7 Å². The highest BCUT2D eigenvalue weighted by Crippen LogP contribution is 2.42. The number of ketones is 1. The van der Waals surface area contributed by atoms with Gasteiger partial charge in [-0.2, -0.15) is 0 Å². The summed E-state index contributed by atoms with van der Waals surface area (Å²) >= 11 is 0. The Morgan fingerprint density at radius 2 is 1.76 bits per heavy atom. The van der Waals surface area contributed by atoms with E-state index in [-0.39, 0.29) is 11.3 Å². The van der Waals surface area contributed by atoms with Crippen molar-refractivity contribution < 1.29 is 28.9 Å². The lowest BCUT2D eigenvalue weighted by Crippen LogP contribution is -2.39. The van der Waals surface area contributed by atoms with Crippen LogP contribution in [0.3, 0.4) is 0 Å². The average molecular weight is 509 g/mol. The zero-order chi connectivity index (χ0) is 26.2. The normalized spacial score (nSPS) is 19.8. The van der Waals surface area contributed by atoms with Gasteiger partial charge in [0.25, 0.3) is 11.7 Å². The Kier molecular flexibility index (Phi) is 9.19. The molecule has 0 spiro atoms. The maximum atomic E-state index is 13.3. The highest BCUT2D eigenvalue weighted by Gasteiger charge is 2.46. The molecule has 2 aliphatic rings. The third kappa shape index (κ3) is 6.14. The molecule has 1 amide bonds. The minimum Gasteiger partial charge on any atom is -0.507 e. The monoisotopic (exact) mass is 508 g/mol. The van der Waals surface area contributed by atoms with Crippen molar-refractivity contribution in [3.63, 3.8) is 0 Å². The van der Waals surface area contributed by atoms with E-state index in [1.54, 1.807) is 29.2 Å². The fourth-order valence-corrected chi connectivity index (χ4v) is 4.79. The highest BCUT2D eigenvalue weighted by molar-refractivity contribution is 6.46. The number of rotatable bonds is 11. The summed E-state index contributed by atoms with van der Waals surface area (Å²) < 4.78 is 17.1. The number of nitrogens with zero attached hydrogens (tertiary/aromatic N) is 2. The summed E-state index contributed by atoms with van der Waals surface area (Å²) in [5.41, 5.74) is 1.27. The Morgan fingerprint density at radius 3 is 2.46 bits per heavy atom. The van der Waals surface area contributed by atoms with Crippen LogP contribution in [-0.4, -0.2) is 79.2 Å². The van der Waals surface area contributed by atoms with Gasteiger partial charge in [-0.05, 0) is 37.5 Å². The van der Waals surface area contributed by atoms with Crippen molar-refractivity contribution in [1.29, 1.82) is 0 Å². The van der Waals surface area contributed by atoms with Gasteiger partial charge in [0, 0.05) is 31.7 Å². The average Bonchev–Trinajstić information content (AvgIpc) is 3.18. The van der Waals surface area contributed by atoms with E-state index in [1.165, 1.54) is 0 Å². The predicted molar refractivity (Wildman–Crippen MR) is 141 cm³/mol. The quantitative estimate of drug-likeness (QED) is 0.279. The van der Waals surface area contributed by atoms with E-state index in [9.17, 15) is 14.7 Å². The largest absolute Gasteiger partial charge is 0.507 e. The lowest BCUT2D eigenvalue weighted by Gasteiger charge is -2.29. The summed E-state index contributed by atoms with van der Waals surface area (Å²) in [6.45, 7) is 9.21. The van der Waals surface area contributed by atoms with E-state index in [0.29, 0.717) is 62.0 Å². The van der Waals surface area contributed by atoms with Gasteiger partial charge in [-0.1, -0.05) is 43.3 Å². The predicted octanol–water partition coefficient (Wildman–Crippen LogP) is 4.02. The fourth-order valence-electron chi connectivity index (χ4n) is 4.79. The first-order valence-corrected chi connectivity index (χ1v) is 13.1. The molecule has 1 atom stereocenters. The van der Waals surface area contributed by atoms with Crippen molar-refractivity contribution in [2.75, 3.05) is 52.6 Å². The number of aliphatic hydroxyl groups is 1. The summed E-state index contributed by atoms with van der Waals surface area (Å²) in [4.78, 5) is 30.5. The maximum absolute atomic E-state index is 13.3. The second-order valence-corrected chi connectivity index (χ2v) is 9.15. The Bertz CT molecular complexity index is 1110. The van der Waals surface area contributed by atoms with Gasteiger partial charge in [-0.25, -0.2) is 0 Å². The Balaban J connectivity index is 1.71. The van der Waals surface area contributed by atoms with Crippen LogP contribution in [0.15, 0.2) is 54.1 Å². The molecule has 198 valence electrons. The molecule has 8 heteroatoms. The summed E-state index contributed by atoms with van der Waals surface area (Å²) in [7, 11) is 0. The highest BCUT2D eigenvalue weighted by atomic mass is 16.5. The molecule has 0 saturated carbocycles. The van der Waals surface area contributed by atoms with Crippen molar-refractivity contribution >= 4 is 17.4 Å². The van der Waals surface area contributed by atoms with Crippen molar-refractivity contribution in [1.82, 2.24) is 9.80 Å². The van der Waals surface area contributed by atoms with E-state index in [0.717, 1.165) is 26.1 Å². The van der Waals surface area contributed by atoms with Crippen molar-refractivity contribution in [2.24, 2.45) is 0 Å². The molecule has 37 heavy (non-hydrogen) atoms. The van der Waals surface area contributed by atoms with E-state index in [1.807, 2.05) is 38.1 Å². The van der Waals surface area contributed by atoms with Gasteiger partial charge < -0.3 is 24.2 Å². The molecule has 0 aliphatic carbocycles. The number of likely N-dealkylation sites (tertiary alicyclic amines) is 1. The van der Waals surface area contributed by atoms with Crippen molar-refractivity contribution in [3.05, 3.63) is 65.2 Å². The molecule has 1 N–H and O–H groups in total. The standard InChI is InChI=1S/C29H36N2O6/c1-3-17-37-23-12-11-22(20-24(23)36-4-2)26-25(27(32)21-9-6-5-7-10-21)28(33)29(34)31(26)14-8-13-30-15-18-35-19-16-30/h5-7,9-12,20,26,32H,3-4,8,13-19H2,1-2H3/b27-25+. The molecule has 2 aliphatic heterocycles. The van der Waals surface area contributed by atoms with Gasteiger partial charge in [0.2, 0.25) is 0 Å². The van der Waals surface area contributed by atoms with E-state index >= 15 is 0 Å². The smallest absolute Gasteiger partial charge is 0.295 e. The van der Waals surface area contributed by atoms with Crippen LogP contribution >= 0.6 is 0 Å². The number of hydrogen-bond donors (Lipinski definition) is 1. The van der Waals surface area contributed by atoms with Crippen LogP contribution in [-0.2, 0) is 14.3 Å². The topological polar surface area (TPSA) is 88.5 Å². The molecule has 1 unspecified atom stereocenters. The second-order valence-electron chi connectivity index (χ2n) is 9.15. The minimum atomic E-state index is -0.732. The molecule has 0 radical (unpaired) electrons. The van der Waals surface area contributed by atoms with E-state index < -0.39 is 17.7 Å². The third-order valence-corrected chi connectivity index (χ3v) is 6.61. The lowest BCUT2D eigenvalue weighted by molar-refractivity contribution is -0.140. The third-order valence-electron chi connectivity index (χ3n) is 6.61. The van der Waals surface area contributed by atoms with Gasteiger partial charge >= 0.3 is 0 Å². The Hall–Kier alpha value is -3.36. The number of carbonyl (C=O) groups is 2. The van der Waals surface area contributed by atoms with Crippen LogP contribution < -0.4 is 9.47 Å². The zero-order valence-corrected chi connectivity index (χ0v) is 21.7. The van der Waals surface area contributed by atoms with Crippen molar-refractivity contribution in [3.8, 4) is 11.5 Å². The Labute approximate surface area is 218 Å². The number of aliphatic hydroxyl groups excluding tert-OH is 1. The van der Waals surface area contributed by atoms with Crippen LogP contribution in [0.4, 0.5) is 0 Å². The molecular weight excluding hydrogens is 472 g/mol. The zero-order valence-electron chi connectivity index (χ0n) is 21.7. The van der Waals surface area contributed by atoms with Gasteiger partial charge in [0.1, 0.15) is 5.76 Å². The number of amides is 1. The van der Waals surface area contributed by atoms with Crippen LogP contribution in [0.5, 0.6) is 11.5 Å². The van der Waals surface area contributed by atoms with E-state index in [4.69, 9.17) is 14.2 Å². The molecular formula is C29H36N2O6. The molecule has 4 rings (SSSR count). The van der Waals surface area contributed by atoms with Gasteiger partial charge in [0.15, 0.2) is 11.5 Å². The summed E-state index contributed by atoms with van der Waals surface area (Å²) in [6, 6.07) is 13.6. The van der Waals surface area contributed by atoms with E-state index in [2.05, 4.69) is 4.90 Å². The fraction of sp³-hybridized carbons (Fsp3) is 0.448. The number of Topliss-reactive ketones (excluding diaryl/α,β-unsaturated/α-hetero) is 1. The number of ether oxygens (including phenoxy) is 3. The van der Waals surface area contributed by atoms with Gasteiger partial charge in [-0.3, -0.25) is 14.5 Å².